The first-order chi connectivity index (χ1) is 15.9. The van der Waals surface area contributed by atoms with Gasteiger partial charge in [-0.15, -0.1) is 0 Å². The second-order valence-corrected chi connectivity index (χ2v) is 8.47. The number of carbonyl (C=O) groups is 3. The van der Waals surface area contributed by atoms with Gasteiger partial charge < -0.3 is 14.8 Å². The van der Waals surface area contributed by atoms with E-state index < -0.39 is 5.97 Å². The molecule has 1 N–H and O–H groups in total. The van der Waals surface area contributed by atoms with Gasteiger partial charge >= 0.3 is 5.97 Å². The molecule has 0 saturated heterocycles. The molecule has 0 spiro atoms. The lowest BCUT2D eigenvalue weighted by Crippen LogP contribution is -2.27. The SMILES string of the molecule is CCc1nn(C[C@@H](C)COC(=O)c2cccc(C(C)=O)c2)c2c1C(=O)NCCCOCCC2. The van der Waals surface area contributed by atoms with Crippen LogP contribution in [0.4, 0.5) is 0 Å². The molecule has 1 amide bonds. The first kappa shape index (κ1) is 24.6. The van der Waals surface area contributed by atoms with Gasteiger partial charge in [0.05, 0.1) is 29.1 Å². The summed E-state index contributed by atoms with van der Waals surface area (Å²) in [5.74, 6) is -0.664. The fourth-order valence-electron chi connectivity index (χ4n) is 3.89. The van der Waals surface area contributed by atoms with Crippen molar-refractivity contribution in [2.75, 3.05) is 26.4 Å². The van der Waals surface area contributed by atoms with E-state index in [9.17, 15) is 14.4 Å². The maximum atomic E-state index is 12.9. The number of carbonyl (C=O) groups excluding carboxylic acids is 3. The Kier molecular flexibility index (Phi) is 8.77. The number of ether oxygens (including phenoxy) is 2. The largest absolute Gasteiger partial charge is 0.462 e. The number of nitrogens with zero attached hydrogens (tertiary/aromatic N) is 2. The average Bonchev–Trinajstić information content (AvgIpc) is 3.13. The molecule has 3 rings (SSSR count). The van der Waals surface area contributed by atoms with Gasteiger partial charge in [0.15, 0.2) is 5.78 Å². The Bertz CT molecular complexity index is 998. The first-order valence-corrected chi connectivity index (χ1v) is 11.6. The summed E-state index contributed by atoms with van der Waals surface area (Å²) in [4.78, 5) is 36.9. The second kappa shape index (κ2) is 11.7. The van der Waals surface area contributed by atoms with Crippen LogP contribution in [-0.4, -0.2) is 53.8 Å². The number of Topliss-reactive ketones (excluding diaryl/α,β-unsaturated/α-hetero) is 1. The van der Waals surface area contributed by atoms with Crippen molar-refractivity contribution in [3.05, 3.63) is 52.3 Å². The molecule has 0 saturated carbocycles. The molecule has 33 heavy (non-hydrogen) atoms. The number of amides is 1. The molecule has 2 aromatic rings. The Hall–Kier alpha value is -3.00. The Morgan fingerprint density at radius 1 is 1.24 bits per heavy atom. The van der Waals surface area contributed by atoms with Gasteiger partial charge in [-0.25, -0.2) is 4.79 Å². The van der Waals surface area contributed by atoms with Gasteiger partial charge in [0.2, 0.25) is 0 Å². The molecule has 0 aliphatic carbocycles. The minimum atomic E-state index is -0.463. The fourth-order valence-corrected chi connectivity index (χ4v) is 3.89. The van der Waals surface area contributed by atoms with Gasteiger partial charge in [0.1, 0.15) is 0 Å². The Morgan fingerprint density at radius 2 is 2.00 bits per heavy atom. The predicted molar refractivity (Wildman–Crippen MR) is 124 cm³/mol. The van der Waals surface area contributed by atoms with Gasteiger partial charge in [0, 0.05) is 37.8 Å². The highest BCUT2D eigenvalue weighted by Crippen LogP contribution is 2.20. The van der Waals surface area contributed by atoms with Crippen molar-refractivity contribution in [1.82, 2.24) is 15.1 Å². The number of hydrogen-bond donors (Lipinski definition) is 1. The summed E-state index contributed by atoms with van der Waals surface area (Å²) in [5, 5.41) is 7.70. The lowest BCUT2D eigenvalue weighted by molar-refractivity contribution is 0.0435. The predicted octanol–water partition coefficient (Wildman–Crippen LogP) is 3.22. The van der Waals surface area contributed by atoms with Crippen molar-refractivity contribution in [2.24, 2.45) is 5.92 Å². The van der Waals surface area contributed by atoms with Gasteiger partial charge in [-0.2, -0.15) is 5.10 Å². The molecule has 8 nitrogen and oxygen atoms in total. The number of fused-ring (bicyclic) bond motifs is 1. The van der Waals surface area contributed by atoms with Crippen LogP contribution < -0.4 is 5.32 Å². The smallest absolute Gasteiger partial charge is 0.338 e. The highest BCUT2D eigenvalue weighted by molar-refractivity contribution is 5.98. The zero-order valence-electron chi connectivity index (χ0n) is 19.7. The van der Waals surface area contributed by atoms with E-state index in [1.807, 2.05) is 18.5 Å². The highest BCUT2D eigenvalue weighted by atomic mass is 16.5. The minimum Gasteiger partial charge on any atom is -0.462 e. The normalized spacial score (nSPS) is 15.7. The number of rotatable bonds is 7. The van der Waals surface area contributed by atoms with Crippen LogP contribution >= 0.6 is 0 Å². The van der Waals surface area contributed by atoms with Crippen molar-refractivity contribution in [2.45, 2.75) is 53.0 Å². The number of nitrogens with one attached hydrogen (secondary N) is 1. The lowest BCUT2D eigenvalue weighted by Gasteiger charge is -2.15. The van der Waals surface area contributed by atoms with Crippen LogP contribution in [0.15, 0.2) is 24.3 Å². The molecule has 0 radical (unpaired) electrons. The summed E-state index contributed by atoms with van der Waals surface area (Å²) in [5.41, 5.74) is 3.19. The van der Waals surface area contributed by atoms with E-state index in [4.69, 9.17) is 14.6 Å². The third kappa shape index (κ3) is 6.51. The summed E-state index contributed by atoms with van der Waals surface area (Å²) in [6.45, 7) is 8.02. The number of esters is 1. The monoisotopic (exact) mass is 455 g/mol. The molecule has 1 aliphatic rings. The summed E-state index contributed by atoms with van der Waals surface area (Å²) in [6, 6.07) is 6.53. The molecule has 178 valence electrons. The molecular weight excluding hydrogens is 422 g/mol. The Balaban J connectivity index is 1.70. The van der Waals surface area contributed by atoms with Crippen molar-refractivity contribution < 1.29 is 23.9 Å². The maximum absolute atomic E-state index is 12.9. The quantitative estimate of drug-likeness (QED) is 0.508. The third-order valence-electron chi connectivity index (χ3n) is 5.63. The van der Waals surface area contributed by atoms with Crippen molar-refractivity contribution in [3.63, 3.8) is 0 Å². The van der Waals surface area contributed by atoms with E-state index in [-0.39, 0.29) is 24.2 Å². The van der Waals surface area contributed by atoms with E-state index in [1.165, 1.54) is 6.92 Å². The fraction of sp³-hybridized carbons (Fsp3) is 0.520. The number of aromatic nitrogens is 2. The third-order valence-corrected chi connectivity index (χ3v) is 5.63. The topological polar surface area (TPSA) is 99.5 Å². The van der Waals surface area contributed by atoms with Crippen LogP contribution in [0.2, 0.25) is 0 Å². The molecule has 1 aromatic heterocycles. The number of benzene rings is 1. The van der Waals surface area contributed by atoms with Crippen molar-refractivity contribution in [1.29, 1.82) is 0 Å². The molecule has 0 unspecified atom stereocenters. The van der Waals surface area contributed by atoms with Crippen molar-refractivity contribution >= 4 is 17.7 Å². The molecule has 1 aliphatic heterocycles. The van der Waals surface area contributed by atoms with Crippen molar-refractivity contribution in [3.8, 4) is 0 Å². The van der Waals surface area contributed by atoms with Gasteiger partial charge in [-0.3, -0.25) is 14.3 Å². The number of hydrogen-bond acceptors (Lipinski definition) is 6. The number of ketones is 1. The van der Waals surface area contributed by atoms with Crippen LogP contribution in [0.1, 0.15) is 76.1 Å². The van der Waals surface area contributed by atoms with Crippen LogP contribution in [0.3, 0.4) is 0 Å². The summed E-state index contributed by atoms with van der Waals surface area (Å²) >= 11 is 0. The molecule has 0 fully saturated rings. The van der Waals surface area contributed by atoms with Gasteiger partial charge in [-0.05, 0) is 44.7 Å². The van der Waals surface area contributed by atoms with E-state index in [1.54, 1.807) is 24.3 Å². The standard InChI is InChI=1S/C25H33N3O5/c1-4-21-23-22(10-6-12-32-13-7-11-26-24(23)30)28(27-21)15-17(2)16-33-25(31)20-9-5-8-19(14-20)18(3)29/h5,8-9,14,17H,4,6-7,10-13,15-16H2,1-3H3,(H,26,30)/t17-/m1/s1. The number of aryl methyl sites for hydroxylation is 1. The van der Waals surface area contributed by atoms with E-state index in [0.29, 0.717) is 55.8 Å². The van der Waals surface area contributed by atoms with Gasteiger partial charge in [-0.1, -0.05) is 26.0 Å². The van der Waals surface area contributed by atoms with E-state index in [2.05, 4.69) is 5.32 Å². The van der Waals surface area contributed by atoms with E-state index >= 15 is 0 Å². The summed E-state index contributed by atoms with van der Waals surface area (Å²) in [7, 11) is 0. The minimum absolute atomic E-state index is 0.0175. The zero-order chi connectivity index (χ0) is 23.8. The summed E-state index contributed by atoms with van der Waals surface area (Å²) < 4.78 is 13.0. The molecule has 0 bridgehead atoms. The molecule has 1 aromatic carbocycles. The first-order valence-electron chi connectivity index (χ1n) is 11.6. The Labute approximate surface area is 194 Å². The zero-order valence-corrected chi connectivity index (χ0v) is 19.7. The summed E-state index contributed by atoms with van der Waals surface area (Å²) in [6.07, 6.45) is 2.95. The van der Waals surface area contributed by atoms with E-state index in [0.717, 1.165) is 24.2 Å². The highest BCUT2D eigenvalue weighted by Gasteiger charge is 2.24. The average molecular weight is 456 g/mol. The van der Waals surface area contributed by atoms with Crippen LogP contribution in [0.25, 0.3) is 0 Å². The van der Waals surface area contributed by atoms with Crippen LogP contribution in [-0.2, 0) is 28.9 Å². The maximum Gasteiger partial charge on any atom is 0.338 e. The second-order valence-electron chi connectivity index (χ2n) is 8.47. The van der Waals surface area contributed by atoms with Crippen LogP contribution in [0, 0.1) is 5.92 Å². The molecular formula is C25H33N3O5. The molecule has 2 heterocycles. The molecule has 1 atom stereocenters. The molecule has 8 heteroatoms. The van der Waals surface area contributed by atoms with Crippen LogP contribution in [0.5, 0.6) is 0 Å². The lowest BCUT2D eigenvalue weighted by atomic mass is 10.1. The Morgan fingerprint density at radius 3 is 2.76 bits per heavy atom. The van der Waals surface area contributed by atoms with Gasteiger partial charge in [0.25, 0.3) is 5.91 Å².